The maximum absolute atomic E-state index is 12.8. The van der Waals surface area contributed by atoms with Gasteiger partial charge in [-0.3, -0.25) is 23.4 Å². The van der Waals surface area contributed by atoms with Gasteiger partial charge in [-0.05, 0) is 57.8 Å². The normalized spacial score (nSPS) is 13.8. The van der Waals surface area contributed by atoms with Crippen molar-refractivity contribution in [2.45, 2.75) is 251 Å². The fourth-order valence-corrected chi connectivity index (χ4v) is 8.01. The molecule has 0 rings (SSSR count). The number of rotatable bonds is 49. The molecule has 0 aliphatic carbocycles. The van der Waals surface area contributed by atoms with Crippen LogP contribution in [0.4, 0.5) is 0 Å². The second kappa shape index (κ2) is 48.9. The lowest BCUT2D eigenvalue weighted by Crippen LogP contribution is -2.30. The van der Waals surface area contributed by atoms with E-state index in [0.29, 0.717) is 19.3 Å². The third-order valence-corrected chi connectivity index (χ3v) is 12.2. The number of carbonyl (C=O) groups is 3. The minimum absolute atomic E-state index is 0.118. The van der Waals surface area contributed by atoms with E-state index in [-0.39, 0.29) is 25.9 Å². The summed E-state index contributed by atoms with van der Waals surface area (Å²) in [5, 5.41) is 9.76. The molecule has 0 aromatic carbocycles. The Morgan fingerprint density at radius 1 is 0.439 bits per heavy atom. The van der Waals surface area contributed by atoms with Crippen LogP contribution in [-0.2, 0) is 42.2 Å². The zero-order valence-electron chi connectivity index (χ0n) is 42.2. The summed E-state index contributed by atoms with van der Waals surface area (Å²) in [6, 6.07) is 0. The molecule has 0 heterocycles. The van der Waals surface area contributed by atoms with Crippen molar-refractivity contribution in [1.29, 1.82) is 0 Å². The van der Waals surface area contributed by atoms with E-state index in [1.165, 1.54) is 103 Å². The van der Waals surface area contributed by atoms with Crippen LogP contribution >= 0.6 is 7.82 Å². The molecule has 0 fully saturated rings. The Morgan fingerprint density at radius 2 is 0.788 bits per heavy atom. The fraction of sp³-hybridized carbons (Fsp3) is 0.796. The summed E-state index contributed by atoms with van der Waals surface area (Å²) < 4.78 is 39.3. The molecule has 0 bridgehead atoms. The van der Waals surface area contributed by atoms with E-state index in [4.69, 9.17) is 23.3 Å². The molecule has 0 aliphatic rings. The first-order chi connectivity index (χ1) is 32.2. The lowest BCUT2D eigenvalue weighted by Gasteiger charge is -2.21. The lowest BCUT2D eigenvalue weighted by atomic mass is 10.0. The van der Waals surface area contributed by atoms with Crippen LogP contribution in [0.3, 0.4) is 0 Å². The maximum atomic E-state index is 12.8. The van der Waals surface area contributed by atoms with Crippen LogP contribution in [0.15, 0.2) is 48.6 Å². The number of phosphoric ester groups is 1. The molecular formula is C54H97O11P. The summed E-state index contributed by atoms with van der Waals surface area (Å²) in [4.78, 5) is 48.3. The average molecular weight is 953 g/mol. The number of carbonyl (C=O) groups excluding carboxylic acids is 3. The van der Waals surface area contributed by atoms with Crippen LogP contribution in [-0.4, -0.2) is 66.5 Å². The largest absolute Gasteiger partial charge is 0.472 e. The molecule has 0 saturated heterocycles. The smallest absolute Gasteiger partial charge is 0.462 e. The molecule has 3 atom stereocenters. The molecule has 0 amide bonds. The van der Waals surface area contributed by atoms with Gasteiger partial charge in [0.25, 0.3) is 0 Å². The Kier molecular flexibility index (Phi) is 47.0. The molecule has 384 valence electrons. The summed E-state index contributed by atoms with van der Waals surface area (Å²) in [6.45, 7) is 4.48. The first kappa shape index (κ1) is 63.4. The van der Waals surface area contributed by atoms with Crippen LogP contribution in [0.2, 0.25) is 0 Å². The predicted molar refractivity (Wildman–Crippen MR) is 270 cm³/mol. The van der Waals surface area contributed by atoms with E-state index in [0.717, 1.165) is 77.0 Å². The van der Waals surface area contributed by atoms with Gasteiger partial charge in [-0.2, -0.15) is 0 Å². The van der Waals surface area contributed by atoms with Crippen molar-refractivity contribution < 1.29 is 52.2 Å². The van der Waals surface area contributed by atoms with Crippen molar-refractivity contribution in [3.63, 3.8) is 0 Å². The fourth-order valence-electron chi connectivity index (χ4n) is 7.23. The Labute approximate surface area is 403 Å². The van der Waals surface area contributed by atoms with E-state index in [2.05, 4.69) is 69.4 Å². The number of esters is 3. The van der Waals surface area contributed by atoms with Gasteiger partial charge in [0.05, 0.1) is 19.8 Å². The second-order valence-corrected chi connectivity index (χ2v) is 19.1. The Balaban J connectivity index is 4.79. The molecule has 66 heavy (non-hydrogen) atoms. The highest BCUT2D eigenvalue weighted by Gasteiger charge is 2.28. The van der Waals surface area contributed by atoms with Gasteiger partial charge in [0.1, 0.15) is 12.7 Å². The topological polar surface area (TPSA) is 155 Å². The van der Waals surface area contributed by atoms with Crippen molar-refractivity contribution in [3.05, 3.63) is 48.6 Å². The number of aliphatic hydroxyl groups is 1. The highest BCUT2D eigenvalue weighted by atomic mass is 31.2. The van der Waals surface area contributed by atoms with Crippen LogP contribution in [0.1, 0.15) is 239 Å². The molecule has 2 N–H and O–H groups in total. The van der Waals surface area contributed by atoms with Gasteiger partial charge >= 0.3 is 25.7 Å². The quantitative estimate of drug-likeness (QED) is 0.0197. The molecule has 12 heteroatoms. The SMILES string of the molecule is CC/C=C\C/C=C\C/C=C\C/C=C\CCCCC(=O)OC(COC(=O)CCCCCCCCCCCCCCC)COP(=O)(O)OCC(CO)OC(=O)CCCCCCCCCCCCC. The van der Waals surface area contributed by atoms with Crippen molar-refractivity contribution in [2.24, 2.45) is 0 Å². The Morgan fingerprint density at radius 3 is 1.21 bits per heavy atom. The molecule has 0 aromatic heterocycles. The molecule has 0 aliphatic heterocycles. The number of unbranched alkanes of at least 4 members (excludes halogenated alkanes) is 24. The van der Waals surface area contributed by atoms with Crippen molar-refractivity contribution in [1.82, 2.24) is 0 Å². The highest BCUT2D eigenvalue weighted by molar-refractivity contribution is 7.47. The van der Waals surface area contributed by atoms with Gasteiger partial charge < -0.3 is 24.2 Å². The first-order valence-electron chi connectivity index (χ1n) is 26.5. The molecule has 0 spiro atoms. The van der Waals surface area contributed by atoms with Gasteiger partial charge in [-0.25, -0.2) is 4.57 Å². The number of allylic oxidation sites excluding steroid dienone is 8. The predicted octanol–water partition coefficient (Wildman–Crippen LogP) is 15.0. The molecule has 0 aromatic rings. The average Bonchev–Trinajstić information content (AvgIpc) is 3.30. The number of ether oxygens (including phenoxy) is 3. The van der Waals surface area contributed by atoms with Gasteiger partial charge in [-0.15, -0.1) is 0 Å². The number of phosphoric acid groups is 1. The summed E-state index contributed by atoms with van der Waals surface area (Å²) in [7, 11) is -4.75. The van der Waals surface area contributed by atoms with Crippen molar-refractivity contribution >= 4 is 25.7 Å². The Bertz CT molecular complexity index is 1300. The van der Waals surface area contributed by atoms with Crippen molar-refractivity contribution in [3.8, 4) is 0 Å². The van der Waals surface area contributed by atoms with Crippen molar-refractivity contribution in [2.75, 3.05) is 26.4 Å². The summed E-state index contributed by atoms with van der Waals surface area (Å²) in [6.07, 6.45) is 49.4. The number of hydrogen-bond acceptors (Lipinski definition) is 10. The molecule has 0 saturated carbocycles. The van der Waals surface area contributed by atoms with Gasteiger partial charge in [-0.1, -0.05) is 211 Å². The van der Waals surface area contributed by atoms with Crippen LogP contribution in [0, 0.1) is 0 Å². The minimum Gasteiger partial charge on any atom is -0.462 e. The van der Waals surface area contributed by atoms with E-state index in [1.54, 1.807) is 0 Å². The second-order valence-electron chi connectivity index (χ2n) is 17.7. The van der Waals surface area contributed by atoms with E-state index in [9.17, 15) is 28.9 Å². The standard InChI is InChI=1S/C54H97O11P/c1-4-7-10-13-16-19-22-24-25-27-30-33-36-39-42-45-54(58)65-51(47-61-52(56)43-40-37-34-31-29-26-23-20-17-14-11-8-5-2)49-63-66(59,60)62-48-50(46-55)64-53(57)44-41-38-35-32-28-21-18-15-12-9-6-3/h7,10,16,19,24-25,30,33,50-51,55H,4-6,8-9,11-15,17-18,20-23,26-29,31-32,34-49H2,1-3H3,(H,59,60)/b10-7-,19-16-,25-24-,33-30-. The van der Waals surface area contributed by atoms with E-state index < -0.39 is 57.8 Å². The number of aliphatic hydroxyl groups excluding tert-OH is 1. The monoisotopic (exact) mass is 953 g/mol. The zero-order valence-corrected chi connectivity index (χ0v) is 43.1. The zero-order chi connectivity index (χ0) is 48.4. The van der Waals surface area contributed by atoms with Gasteiger partial charge in [0.2, 0.25) is 0 Å². The van der Waals surface area contributed by atoms with E-state index in [1.807, 2.05) is 0 Å². The minimum atomic E-state index is -4.75. The summed E-state index contributed by atoms with van der Waals surface area (Å²) in [5.74, 6) is -1.50. The Hall–Kier alpha value is -2.56. The van der Waals surface area contributed by atoms with Crippen LogP contribution < -0.4 is 0 Å². The molecular weight excluding hydrogens is 856 g/mol. The molecule has 3 unspecified atom stereocenters. The number of hydrogen-bond donors (Lipinski definition) is 2. The van der Waals surface area contributed by atoms with Crippen LogP contribution in [0.5, 0.6) is 0 Å². The lowest BCUT2D eigenvalue weighted by molar-refractivity contribution is -0.161. The summed E-state index contributed by atoms with van der Waals surface area (Å²) >= 11 is 0. The molecule has 0 radical (unpaired) electrons. The van der Waals surface area contributed by atoms with Gasteiger partial charge in [0, 0.05) is 19.3 Å². The maximum Gasteiger partial charge on any atom is 0.472 e. The highest BCUT2D eigenvalue weighted by Crippen LogP contribution is 2.43. The first-order valence-corrected chi connectivity index (χ1v) is 28.0. The molecule has 11 nitrogen and oxygen atoms in total. The van der Waals surface area contributed by atoms with Gasteiger partial charge in [0.15, 0.2) is 6.10 Å². The third-order valence-electron chi connectivity index (χ3n) is 11.3. The van der Waals surface area contributed by atoms with Crippen LogP contribution in [0.25, 0.3) is 0 Å². The third kappa shape index (κ3) is 46.5. The van der Waals surface area contributed by atoms with E-state index >= 15 is 0 Å². The summed E-state index contributed by atoms with van der Waals surface area (Å²) in [5.41, 5.74) is 0.